The number of urea groups is 1. The molecule has 0 atom stereocenters. The number of hydrogen-bond acceptors (Lipinski definition) is 5. The maximum Gasteiger partial charge on any atom is 0.319 e. The van der Waals surface area contributed by atoms with Crippen molar-refractivity contribution in [2.45, 2.75) is 25.8 Å². The Morgan fingerprint density at radius 2 is 1.89 bits per heavy atom. The molecule has 0 spiro atoms. The zero-order chi connectivity index (χ0) is 19.3. The van der Waals surface area contributed by atoms with Gasteiger partial charge in [-0.25, -0.2) is 9.78 Å². The molecular weight excluding hydrogens is 424 g/mol. The van der Waals surface area contributed by atoms with Crippen molar-refractivity contribution < 1.29 is 14.3 Å². The molecule has 8 heteroatoms. The minimum Gasteiger partial charge on any atom is -0.486 e. The molecule has 2 N–H and O–H groups in total. The summed E-state index contributed by atoms with van der Waals surface area (Å²) < 4.78 is 11.9. The molecule has 0 aliphatic carbocycles. The van der Waals surface area contributed by atoms with E-state index in [4.69, 9.17) is 9.47 Å². The second-order valence-corrected chi connectivity index (χ2v) is 7.67. The maximum absolute atomic E-state index is 12.4. The molecule has 0 unspecified atom stereocenters. The molecule has 2 aliphatic heterocycles. The smallest absolute Gasteiger partial charge is 0.319 e. The summed E-state index contributed by atoms with van der Waals surface area (Å²) >= 11 is 3.47. The highest BCUT2D eigenvalue weighted by Gasteiger charge is 2.18. The van der Waals surface area contributed by atoms with Crippen LogP contribution in [0.3, 0.4) is 0 Å². The zero-order valence-electron chi connectivity index (χ0n) is 15.5. The summed E-state index contributed by atoms with van der Waals surface area (Å²) in [5.41, 5.74) is 1.64. The minimum atomic E-state index is -0.286. The second kappa shape index (κ2) is 8.68. The number of nitrogens with one attached hydrogen (secondary N) is 2. The van der Waals surface area contributed by atoms with Crippen LogP contribution in [-0.2, 0) is 6.54 Å². The number of aromatic nitrogens is 1. The Kier molecular flexibility index (Phi) is 5.85. The summed E-state index contributed by atoms with van der Waals surface area (Å²) in [5.74, 6) is 2.26. The summed E-state index contributed by atoms with van der Waals surface area (Å²) in [4.78, 5) is 19.3. The van der Waals surface area contributed by atoms with Crippen LogP contribution in [0.25, 0.3) is 0 Å². The predicted molar refractivity (Wildman–Crippen MR) is 111 cm³/mol. The molecular formula is C20H23BrN4O3. The number of ether oxygens (including phenoxy) is 2. The number of fused-ring (bicyclic) bond motifs is 1. The second-order valence-electron chi connectivity index (χ2n) is 6.82. The third kappa shape index (κ3) is 4.32. The zero-order valence-corrected chi connectivity index (χ0v) is 17.1. The normalized spacial score (nSPS) is 15.8. The van der Waals surface area contributed by atoms with Gasteiger partial charge in [-0.1, -0.05) is 6.07 Å². The standard InChI is InChI=1S/C20H23BrN4O3/c21-15-11-17-18(28-10-9-27-17)12-16(15)24-20(26)23-13-14-5-4-6-22-19(14)25-7-2-1-3-8-25/h4-6,11-12H,1-3,7-10,13H2,(H2,23,24,26). The van der Waals surface area contributed by atoms with Crippen LogP contribution >= 0.6 is 15.9 Å². The third-order valence-electron chi connectivity index (χ3n) is 4.84. The fourth-order valence-electron chi connectivity index (χ4n) is 3.46. The summed E-state index contributed by atoms with van der Waals surface area (Å²) in [6.45, 7) is 3.46. The van der Waals surface area contributed by atoms with E-state index in [9.17, 15) is 4.79 Å². The number of piperidine rings is 1. The molecule has 2 aliphatic rings. The van der Waals surface area contributed by atoms with Crippen molar-refractivity contribution in [3.63, 3.8) is 0 Å². The van der Waals surface area contributed by atoms with E-state index in [0.717, 1.165) is 28.9 Å². The van der Waals surface area contributed by atoms with E-state index in [1.807, 2.05) is 12.1 Å². The van der Waals surface area contributed by atoms with Crippen LogP contribution in [0.2, 0.25) is 0 Å². The largest absolute Gasteiger partial charge is 0.486 e. The molecule has 0 radical (unpaired) electrons. The molecule has 2 amide bonds. The monoisotopic (exact) mass is 446 g/mol. The topological polar surface area (TPSA) is 75.7 Å². The number of carbonyl (C=O) groups excluding carboxylic acids is 1. The SMILES string of the molecule is O=C(NCc1cccnc1N1CCCCC1)Nc1cc2c(cc1Br)OCCO2. The maximum atomic E-state index is 12.4. The van der Waals surface area contributed by atoms with Gasteiger partial charge in [0, 0.05) is 48.0 Å². The van der Waals surface area contributed by atoms with E-state index in [1.54, 1.807) is 18.3 Å². The summed E-state index contributed by atoms with van der Waals surface area (Å²) in [6.07, 6.45) is 5.44. The Morgan fingerprint density at radius 1 is 1.14 bits per heavy atom. The van der Waals surface area contributed by atoms with Crippen molar-refractivity contribution in [2.24, 2.45) is 0 Å². The van der Waals surface area contributed by atoms with Crippen molar-refractivity contribution in [1.82, 2.24) is 10.3 Å². The average molecular weight is 447 g/mol. The van der Waals surface area contributed by atoms with Gasteiger partial charge in [-0.15, -0.1) is 0 Å². The van der Waals surface area contributed by atoms with Crippen LogP contribution in [0.4, 0.5) is 16.3 Å². The lowest BCUT2D eigenvalue weighted by Gasteiger charge is -2.29. The molecule has 148 valence electrons. The van der Waals surface area contributed by atoms with E-state index in [1.165, 1.54) is 19.3 Å². The summed E-state index contributed by atoms with van der Waals surface area (Å²) in [7, 11) is 0. The summed E-state index contributed by atoms with van der Waals surface area (Å²) in [6, 6.07) is 7.20. The highest BCUT2D eigenvalue weighted by Crippen LogP contribution is 2.38. The first kappa shape index (κ1) is 18.9. The summed E-state index contributed by atoms with van der Waals surface area (Å²) in [5, 5.41) is 5.79. The lowest BCUT2D eigenvalue weighted by atomic mass is 10.1. The van der Waals surface area contributed by atoms with Crippen molar-refractivity contribution in [1.29, 1.82) is 0 Å². The Labute approximate surface area is 172 Å². The van der Waals surface area contributed by atoms with Crippen LogP contribution in [0.1, 0.15) is 24.8 Å². The van der Waals surface area contributed by atoms with Gasteiger partial charge in [-0.2, -0.15) is 0 Å². The van der Waals surface area contributed by atoms with E-state index < -0.39 is 0 Å². The van der Waals surface area contributed by atoms with Gasteiger partial charge in [0.1, 0.15) is 19.0 Å². The van der Waals surface area contributed by atoms with E-state index in [-0.39, 0.29) is 6.03 Å². The number of carbonyl (C=O) groups is 1. The van der Waals surface area contributed by atoms with Gasteiger partial charge in [0.05, 0.1) is 5.69 Å². The van der Waals surface area contributed by atoms with Crippen molar-refractivity contribution in [3.05, 3.63) is 40.5 Å². The fraction of sp³-hybridized carbons (Fsp3) is 0.400. The fourth-order valence-corrected chi connectivity index (χ4v) is 3.88. The highest BCUT2D eigenvalue weighted by atomic mass is 79.9. The lowest BCUT2D eigenvalue weighted by Crippen LogP contribution is -2.33. The van der Waals surface area contributed by atoms with Gasteiger partial charge in [0.2, 0.25) is 0 Å². The van der Waals surface area contributed by atoms with Crippen molar-refractivity contribution in [3.8, 4) is 11.5 Å². The van der Waals surface area contributed by atoms with Crippen LogP contribution in [0.5, 0.6) is 11.5 Å². The van der Waals surface area contributed by atoms with Crippen LogP contribution in [0, 0.1) is 0 Å². The molecule has 1 aromatic carbocycles. The van der Waals surface area contributed by atoms with Gasteiger partial charge in [0.15, 0.2) is 11.5 Å². The Bertz CT molecular complexity index is 855. The minimum absolute atomic E-state index is 0.286. The molecule has 0 saturated carbocycles. The number of anilines is 2. The molecule has 1 aromatic heterocycles. The number of hydrogen-bond donors (Lipinski definition) is 2. The number of benzene rings is 1. The third-order valence-corrected chi connectivity index (χ3v) is 5.50. The quantitative estimate of drug-likeness (QED) is 0.743. The Balaban J connectivity index is 1.40. The van der Waals surface area contributed by atoms with Crippen LogP contribution < -0.4 is 25.0 Å². The molecule has 28 heavy (non-hydrogen) atoms. The molecule has 3 heterocycles. The lowest BCUT2D eigenvalue weighted by molar-refractivity contribution is 0.171. The number of pyridine rings is 1. The van der Waals surface area contributed by atoms with Gasteiger partial charge in [-0.3, -0.25) is 0 Å². The van der Waals surface area contributed by atoms with Crippen LogP contribution in [-0.4, -0.2) is 37.3 Å². The van der Waals surface area contributed by atoms with E-state index in [2.05, 4.69) is 36.4 Å². The predicted octanol–water partition coefficient (Wildman–Crippen LogP) is 3.93. The van der Waals surface area contributed by atoms with Gasteiger partial charge < -0.3 is 25.0 Å². The number of nitrogens with zero attached hydrogens (tertiary/aromatic N) is 2. The molecule has 0 bridgehead atoms. The van der Waals surface area contributed by atoms with Crippen molar-refractivity contribution >= 4 is 33.5 Å². The molecule has 7 nitrogen and oxygen atoms in total. The molecule has 1 saturated heterocycles. The number of amides is 2. The van der Waals surface area contributed by atoms with Crippen LogP contribution in [0.15, 0.2) is 34.9 Å². The van der Waals surface area contributed by atoms with Gasteiger partial charge in [-0.05, 0) is 41.3 Å². The van der Waals surface area contributed by atoms with Gasteiger partial charge >= 0.3 is 6.03 Å². The first-order valence-corrected chi connectivity index (χ1v) is 10.3. The molecule has 1 fully saturated rings. The first-order valence-electron chi connectivity index (χ1n) is 9.53. The molecule has 2 aromatic rings. The van der Waals surface area contributed by atoms with E-state index in [0.29, 0.717) is 36.9 Å². The Hall–Kier alpha value is -2.48. The first-order chi connectivity index (χ1) is 13.7. The Morgan fingerprint density at radius 3 is 2.68 bits per heavy atom. The highest BCUT2D eigenvalue weighted by molar-refractivity contribution is 9.10. The van der Waals surface area contributed by atoms with Crippen molar-refractivity contribution in [2.75, 3.05) is 36.5 Å². The number of halogens is 1. The number of rotatable bonds is 4. The average Bonchev–Trinajstić information content (AvgIpc) is 2.74. The van der Waals surface area contributed by atoms with Gasteiger partial charge in [0.25, 0.3) is 0 Å². The van der Waals surface area contributed by atoms with E-state index >= 15 is 0 Å². The molecule has 4 rings (SSSR count).